The molecule has 3 rings (SSSR count). The Balaban J connectivity index is 1.65. The Morgan fingerprint density at radius 2 is 1.83 bits per heavy atom. The molecule has 0 atom stereocenters. The van der Waals surface area contributed by atoms with Crippen LogP contribution in [0.5, 0.6) is 5.75 Å². The van der Waals surface area contributed by atoms with Gasteiger partial charge in [-0.1, -0.05) is 36.4 Å². The summed E-state index contributed by atoms with van der Waals surface area (Å²) in [5.74, 6) is 1.69. The molecule has 0 aromatic heterocycles. The van der Waals surface area contributed by atoms with Gasteiger partial charge in [-0.15, -0.1) is 0 Å². The van der Waals surface area contributed by atoms with Crippen molar-refractivity contribution in [1.29, 1.82) is 0 Å². The zero-order valence-electron chi connectivity index (χ0n) is 18.4. The maximum atomic E-state index is 5.51. The van der Waals surface area contributed by atoms with E-state index >= 15 is 0 Å². The van der Waals surface area contributed by atoms with Crippen LogP contribution in [0.4, 0.5) is 0 Å². The third kappa shape index (κ3) is 6.47. The van der Waals surface area contributed by atoms with Crippen LogP contribution in [0.2, 0.25) is 0 Å². The van der Waals surface area contributed by atoms with Gasteiger partial charge in [-0.2, -0.15) is 0 Å². The molecule has 162 valence electrons. The van der Waals surface area contributed by atoms with Crippen LogP contribution in [-0.4, -0.2) is 50.8 Å². The number of aryl methyl sites for hydroxylation is 1. The number of nitrogens with one attached hydrogen (secondary N) is 2. The zero-order valence-corrected chi connectivity index (χ0v) is 18.4. The Bertz CT molecular complexity index is 832. The van der Waals surface area contributed by atoms with Crippen LogP contribution in [0.3, 0.4) is 0 Å². The number of hydrogen-bond acceptors (Lipinski definition) is 4. The summed E-state index contributed by atoms with van der Waals surface area (Å²) in [5, 5.41) is 6.83. The quantitative estimate of drug-likeness (QED) is 0.517. The molecule has 0 bridgehead atoms. The van der Waals surface area contributed by atoms with Crippen molar-refractivity contribution in [3.05, 3.63) is 64.7 Å². The first-order valence-corrected chi connectivity index (χ1v) is 10.7. The van der Waals surface area contributed by atoms with Crippen molar-refractivity contribution >= 4 is 5.96 Å². The van der Waals surface area contributed by atoms with Gasteiger partial charge in [-0.3, -0.25) is 4.90 Å². The highest BCUT2D eigenvalue weighted by molar-refractivity contribution is 5.79. The molecule has 2 aromatic rings. The van der Waals surface area contributed by atoms with Crippen molar-refractivity contribution < 1.29 is 9.47 Å². The molecule has 0 saturated carbocycles. The van der Waals surface area contributed by atoms with Crippen LogP contribution >= 0.6 is 0 Å². The fraction of sp³-hybridized carbons (Fsp3) is 0.458. The highest BCUT2D eigenvalue weighted by atomic mass is 16.5. The van der Waals surface area contributed by atoms with Crippen molar-refractivity contribution in [2.75, 3.05) is 40.0 Å². The van der Waals surface area contributed by atoms with E-state index < -0.39 is 0 Å². The van der Waals surface area contributed by atoms with Crippen LogP contribution in [0.1, 0.15) is 29.2 Å². The summed E-state index contributed by atoms with van der Waals surface area (Å²) >= 11 is 0. The number of rotatable bonds is 8. The summed E-state index contributed by atoms with van der Waals surface area (Å²) in [6.45, 7) is 10.8. The van der Waals surface area contributed by atoms with E-state index in [0.29, 0.717) is 6.54 Å². The first kappa shape index (κ1) is 22.1. The Morgan fingerprint density at radius 3 is 2.57 bits per heavy atom. The summed E-state index contributed by atoms with van der Waals surface area (Å²) in [6.07, 6.45) is 0. The predicted molar refractivity (Wildman–Crippen MR) is 122 cm³/mol. The number of benzene rings is 2. The number of ether oxygens (including phenoxy) is 2. The molecule has 1 aliphatic rings. The number of nitrogens with zero attached hydrogens (tertiary/aromatic N) is 2. The van der Waals surface area contributed by atoms with Crippen molar-refractivity contribution in [3.63, 3.8) is 0 Å². The molecular weight excluding hydrogens is 376 g/mol. The number of methoxy groups -OCH3 is 1. The van der Waals surface area contributed by atoms with Gasteiger partial charge in [0.25, 0.3) is 0 Å². The first-order chi connectivity index (χ1) is 14.7. The normalized spacial score (nSPS) is 15.1. The monoisotopic (exact) mass is 410 g/mol. The van der Waals surface area contributed by atoms with Gasteiger partial charge in [-0.05, 0) is 36.6 Å². The second-order valence-electron chi connectivity index (χ2n) is 7.52. The summed E-state index contributed by atoms with van der Waals surface area (Å²) in [5.41, 5.74) is 4.90. The van der Waals surface area contributed by atoms with Crippen LogP contribution in [0, 0.1) is 6.92 Å². The molecule has 0 unspecified atom stereocenters. The van der Waals surface area contributed by atoms with E-state index in [1.807, 2.05) is 6.07 Å². The summed E-state index contributed by atoms with van der Waals surface area (Å²) in [7, 11) is 1.71. The lowest BCUT2D eigenvalue weighted by molar-refractivity contribution is 0.0341. The SMILES string of the molecule is CCNC(=NCc1ccc(C)cc1OC)NCc1ccccc1CN1CCOCC1. The van der Waals surface area contributed by atoms with E-state index in [1.54, 1.807) is 7.11 Å². The van der Waals surface area contributed by atoms with Gasteiger partial charge >= 0.3 is 0 Å². The number of guanidine groups is 1. The maximum Gasteiger partial charge on any atom is 0.191 e. The molecule has 1 heterocycles. The number of morpholine rings is 1. The van der Waals surface area contributed by atoms with Gasteiger partial charge in [0.1, 0.15) is 5.75 Å². The Hall–Kier alpha value is -2.57. The third-order valence-corrected chi connectivity index (χ3v) is 5.26. The predicted octanol–water partition coefficient (Wildman–Crippen LogP) is 3.09. The number of hydrogen-bond donors (Lipinski definition) is 2. The molecule has 30 heavy (non-hydrogen) atoms. The van der Waals surface area contributed by atoms with E-state index in [4.69, 9.17) is 14.5 Å². The molecule has 1 saturated heterocycles. The number of aliphatic imine (C=N–C) groups is 1. The van der Waals surface area contributed by atoms with Crippen LogP contribution in [0.25, 0.3) is 0 Å². The van der Waals surface area contributed by atoms with Crippen molar-refractivity contribution in [2.24, 2.45) is 4.99 Å². The average molecular weight is 411 g/mol. The lowest BCUT2D eigenvalue weighted by Gasteiger charge is -2.27. The van der Waals surface area contributed by atoms with Crippen molar-refractivity contribution in [1.82, 2.24) is 15.5 Å². The molecular formula is C24H34N4O2. The minimum atomic E-state index is 0.564. The highest BCUT2D eigenvalue weighted by Crippen LogP contribution is 2.20. The van der Waals surface area contributed by atoms with Crippen molar-refractivity contribution in [2.45, 2.75) is 33.5 Å². The fourth-order valence-corrected chi connectivity index (χ4v) is 3.55. The van der Waals surface area contributed by atoms with Gasteiger partial charge in [-0.25, -0.2) is 4.99 Å². The Morgan fingerprint density at radius 1 is 1.07 bits per heavy atom. The van der Waals surface area contributed by atoms with Gasteiger partial charge in [0.2, 0.25) is 0 Å². The Labute approximate surface area is 180 Å². The van der Waals surface area contributed by atoms with Gasteiger partial charge in [0.05, 0.1) is 26.9 Å². The molecule has 1 fully saturated rings. The maximum absolute atomic E-state index is 5.51. The van der Waals surface area contributed by atoms with Crippen molar-refractivity contribution in [3.8, 4) is 5.75 Å². The van der Waals surface area contributed by atoms with Crippen LogP contribution in [0.15, 0.2) is 47.5 Å². The third-order valence-electron chi connectivity index (χ3n) is 5.26. The molecule has 2 N–H and O–H groups in total. The summed E-state index contributed by atoms with van der Waals surface area (Å²) < 4.78 is 11.0. The van der Waals surface area contributed by atoms with Crippen LogP contribution in [-0.2, 0) is 24.4 Å². The van der Waals surface area contributed by atoms with Crippen LogP contribution < -0.4 is 15.4 Å². The van der Waals surface area contributed by atoms with E-state index in [1.165, 1.54) is 16.7 Å². The van der Waals surface area contributed by atoms with E-state index in [0.717, 1.165) is 63.2 Å². The average Bonchev–Trinajstić information content (AvgIpc) is 2.78. The van der Waals surface area contributed by atoms with Gasteiger partial charge < -0.3 is 20.1 Å². The highest BCUT2D eigenvalue weighted by Gasteiger charge is 2.13. The van der Waals surface area contributed by atoms with E-state index in [2.05, 4.69) is 65.8 Å². The topological polar surface area (TPSA) is 58.1 Å². The first-order valence-electron chi connectivity index (χ1n) is 10.7. The molecule has 6 nitrogen and oxygen atoms in total. The Kier molecular flexibility index (Phi) is 8.53. The largest absolute Gasteiger partial charge is 0.496 e. The minimum absolute atomic E-state index is 0.564. The molecule has 0 aliphatic carbocycles. The zero-order chi connectivity index (χ0) is 21.2. The molecule has 6 heteroatoms. The molecule has 0 spiro atoms. The second kappa shape index (κ2) is 11.6. The van der Waals surface area contributed by atoms with Gasteiger partial charge in [0, 0.05) is 38.3 Å². The lowest BCUT2D eigenvalue weighted by atomic mass is 10.1. The van der Waals surface area contributed by atoms with E-state index in [9.17, 15) is 0 Å². The molecule has 2 aromatic carbocycles. The van der Waals surface area contributed by atoms with E-state index in [-0.39, 0.29) is 0 Å². The molecule has 0 radical (unpaired) electrons. The van der Waals surface area contributed by atoms with Gasteiger partial charge in [0.15, 0.2) is 5.96 Å². The standard InChI is InChI=1S/C24H34N4O2/c1-4-25-24(27-17-21-10-9-19(2)15-23(21)29-3)26-16-20-7-5-6-8-22(20)18-28-11-13-30-14-12-28/h5-10,15H,4,11-14,16-18H2,1-3H3,(H2,25,26,27). The second-order valence-corrected chi connectivity index (χ2v) is 7.52. The lowest BCUT2D eigenvalue weighted by Crippen LogP contribution is -2.38. The minimum Gasteiger partial charge on any atom is -0.496 e. The summed E-state index contributed by atoms with van der Waals surface area (Å²) in [4.78, 5) is 7.22. The molecule has 1 aliphatic heterocycles. The summed E-state index contributed by atoms with van der Waals surface area (Å²) in [6, 6.07) is 14.8. The molecule has 0 amide bonds. The smallest absolute Gasteiger partial charge is 0.191 e. The fourth-order valence-electron chi connectivity index (χ4n) is 3.55.